The van der Waals surface area contributed by atoms with Crippen LogP contribution in [-0.4, -0.2) is 34.2 Å². The van der Waals surface area contributed by atoms with Crippen molar-refractivity contribution < 1.29 is 23.1 Å². The molecule has 22 heavy (non-hydrogen) atoms. The molecule has 0 bridgehead atoms. The molecule has 7 heteroatoms. The van der Waals surface area contributed by atoms with Crippen LogP contribution in [0.1, 0.15) is 42.9 Å². The standard InChI is InChI=1S/C15H17F3N2O2/c16-15(17,18)11-1-4-19-12(7-11)10-8-14(9-10)2-5-20(6-3-14)13(21)22/h1,4,7,10H,2-3,5-6,8-9H2,(H,21,22). The van der Waals surface area contributed by atoms with Gasteiger partial charge in [0.15, 0.2) is 0 Å². The fraction of sp³-hybridized carbons (Fsp3) is 0.600. The van der Waals surface area contributed by atoms with Gasteiger partial charge in [0.05, 0.1) is 5.56 Å². The van der Waals surface area contributed by atoms with Crippen molar-refractivity contribution in [2.75, 3.05) is 13.1 Å². The number of carboxylic acid groups (broad SMARTS) is 1. The van der Waals surface area contributed by atoms with Crippen molar-refractivity contribution in [1.29, 1.82) is 0 Å². The average molecular weight is 314 g/mol. The largest absolute Gasteiger partial charge is 0.465 e. The van der Waals surface area contributed by atoms with Crippen LogP contribution in [0.4, 0.5) is 18.0 Å². The Kier molecular flexibility index (Phi) is 3.53. The summed E-state index contributed by atoms with van der Waals surface area (Å²) >= 11 is 0. The highest BCUT2D eigenvalue weighted by Gasteiger charge is 2.47. The van der Waals surface area contributed by atoms with E-state index in [9.17, 15) is 18.0 Å². The lowest BCUT2D eigenvalue weighted by atomic mass is 9.56. The molecule has 1 aromatic rings. The Morgan fingerprint density at radius 2 is 1.95 bits per heavy atom. The van der Waals surface area contributed by atoms with Crippen molar-refractivity contribution >= 4 is 6.09 Å². The molecule has 0 atom stereocenters. The Balaban J connectivity index is 1.63. The van der Waals surface area contributed by atoms with Gasteiger partial charge in [0.2, 0.25) is 0 Å². The summed E-state index contributed by atoms with van der Waals surface area (Å²) < 4.78 is 38.2. The molecule has 2 fully saturated rings. The van der Waals surface area contributed by atoms with Crippen LogP contribution in [0.25, 0.3) is 0 Å². The number of piperidine rings is 1. The first kappa shape index (κ1) is 15.1. The number of pyridine rings is 1. The van der Waals surface area contributed by atoms with Crippen molar-refractivity contribution in [3.05, 3.63) is 29.6 Å². The van der Waals surface area contributed by atoms with Gasteiger partial charge in [-0.05, 0) is 43.2 Å². The predicted octanol–water partition coefficient (Wildman–Crippen LogP) is 3.74. The minimum absolute atomic E-state index is 0.0543. The van der Waals surface area contributed by atoms with Crippen LogP contribution < -0.4 is 0 Å². The van der Waals surface area contributed by atoms with Gasteiger partial charge in [-0.15, -0.1) is 0 Å². The highest BCUT2D eigenvalue weighted by molar-refractivity contribution is 5.65. The maximum absolute atomic E-state index is 12.7. The molecular formula is C15H17F3N2O2. The Labute approximate surface area is 126 Å². The Hall–Kier alpha value is -1.79. The van der Waals surface area contributed by atoms with E-state index < -0.39 is 17.8 Å². The molecule has 1 saturated carbocycles. The second-order valence-corrected chi connectivity index (χ2v) is 6.34. The Bertz CT molecular complexity index is 572. The Morgan fingerprint density at radius 1 is 1.32 bits per heavy atom. The van der Waals surface area contributed by atoms with E-state index in [1.54, 1.807) is 0 Å². The number of hydrogen-bond acceptors (Lipinski definition) is 2. The third-order valence-corrected chi connectivity index (χ3v) is 4.98. The quantitative estimate of drug-likeness (QED) is 0.859. The van der Waals surface area contributed by atoms with E-state index in [0.717, 1.165) is 37.8 Å². The molecule has 3 rings (SSSR count). The molecular weight excluding hydrogens is 297 g/mol. The lowest BCUT2D eigenvalue weighted by Gasteiger charge is -2.51. The number of nitrogens with zero attached hydrogens (tertiary/aromatic N) is 2. The molecule has 1 aliphatic heterocycles. The summed E-state index contributed by atoms with van der Waals surface area (Å²) in [5, 5.41) is 8.95. The minimum atomic E-state index is -4.34. The van der Waals surface area contributed by atoms with Crippen LogP contribution in [0.2, 0.25) is 0 Å². The zero-order valence-corrected chi connectivity index (χ0v) is 11.9. The molecule has 1 N–H and O–H groups in total. The van der Waals surface area contributed by atoms with E-state index in [1.807, 2.05) is 0 Å². The van der Waals surface area contributed by atoms with Gasteiger partial charge in [-0.2, -0.15) is 13.2 Å². The summed E-state index contributed by atoms with van der Waals surface area (Å²) in [5.74, 6) is 0.0543. The normalized spacial score (nSPS) is 21.7. The maximum atomic E-state index is 12.7. The van der Waals surface area contributed by atoms with Gasteiger partial charge in [0.1, 0.15) is 0 Å². The molecule has 1 amide bonds. The van der Waals surface area contributed by atoms with Gasteiger partial charge in [-0.25, -0.2) is 4.79 Å². The van der Waals surface area contributed by atoms with Gasteiger partial charge in [-0.3, -0.25) is 4.98 Å². The maximum Gasteiger partial charge on any atom is 0.416 e. The number of amides is 1. The smallest absolute Gasteiger partial charge is 0.416 e. The second kappa shape index (κ2) is 5.14. The first-order chi connectivity index (χ1) is 10.3. The van der Waals surface area contributed by atoms with Gasteiger partial charge >= 0.3 is 12.3 Å². The molecule has 1 aliphatic carbocycles. The zero-order valence-electron chi connectivity index (χ0n) is 11.9. The summed E-state index contributed by atoms with van der Waals surface area (Å²) in [5.41, 5.74) is -0.0627. The van der Waals surface area contributed by atoms with E-state index in [1.165, 1.54) is 11.1 Å². The van der Waals surface area contributed by atoms with Crippen LogP contribution in [0.15, 0.2) is 18.3 Å². The molecule has 0 unspecified atom stereocenters. The molecule has 0 aromatic carbocycles. The first-order valence-corrected chi connectivity index (χ1v) is 7.30. The van der Waals surface area contributed by atoms with Crippen molar-refractivity contribution in [2.24, 2.45) is 5.41 Å². The fourth-order valence-corrected chi connectivity index (χ4v) is 3.62. The van der Waals surface area contributed by atoms with Crippen LogP contribution in [0.5, 0.6) is 0 Å². The molecule has 1 saturated heterocycles. The number of likely N-dealkylation sites (tertiary alicyclic amines) is 1. The molecule has 1 aromatic heterocycles. The number of hydrogen-bond donors (Lipinski definition) is 1. The van der Waals surface area contributed by atoms with E-state index >= 15 is 0 Å². The molecule has 2 aliphatic rings. The number of alkyl halides is 3. The number of halogens is 3. The van der Waals surface area contributed by atoms with Crippen molar-refractivity contribution in [3.63, 3.8) is 0 Å². The van der Waals surface area contributed by atoms with E-state index in [-0.39, 0.29) is 11.3 Å². The van der Waals surface area contributed by atoms with Gasteiger partial charge in [-0.1, -0.05) is 0 Å². The molecule has 0 radical (unpaired) electrons. The third kappa shape index (κ3) is 2.76. The van der Waals surface area contributed by atoms with Gasteiger partial charge in [0, 0.05) is 30.9 Å². The number of carbonyl (C=O) groups is 1. The number of rotatable bonds is 1. The van der Waals surface area contributed by atoms with Crippen molar-refractivity contribution in [2.45, 2.75) is 37.8 Å². The molecule has 120 valence electrons. The lowest BCUT2D eigenvalue weighted by Crippen LogP contribution is -2.47. The van der Waals surface area contributed by atoms with E-state index in [2.05, 4.69) is 4.98 Å². The minimum Gasteiger partial charge on any atom is -0.465 e. The van der Waals surface area contributed by atoms with Crippen LogP contribution in [-0.2, 0) is 6.18 Å². The van der Waals surface area contributed by atoms with Crippen LogP contribution in [0.3, 0.4) is 0 Å². The van der Waals surface area contributed by atoms with Gasteiger partial charge < -0.3 is 10.0 Å². The van der Waals surface area contributed by atoms with E-state index in [4.69, 9.17) is 5.11 Å². The summed E-state index contributed by atoms with van der Waals surface area (Å²) in [6, 6.07) is 2.13. The zero-order chi connectivity index (χ0) is 16.0. The highest BCUT2D eigenvalue weighted by Crippen LogP contribution is 2.56. The van der Waals surface area contributed by atoms with Crippen molar-refractivity contribution in [1.82, 2.24) is 9.88 Å². The Morgan fingerprint density at radius 3 is 2.50 bits per heavy atom. The van der Waals surface area contributed by atoms with Crippen LogP contribution in [0, 0.1) is 5.41 Å². The third-order valence-electron chi connectivity index (χ3n) is 4.98. The van der Waals surface area contributed by atoms with Crippen LogP contribution >= 0.6 is 0 Å². The molecule has 2 heterocycles. The SMILES string of the molecule is O=C(O)N1CCC2(CC1)CC(c1cc(C(F)(F)F)ccn1)C2. The summed E-state index contributed by atoms with van der Waals surface area (Å²) in [6.45, 7) is 1.02. The summed E-state index contributed by atoms with van der Waals surface area (Å²) in [6.07, 6.45) is -0.847. The highest BCUT2D eigenvalue weighted by atomic mass is 19.4. The monoisotopic (exact) mass is 314 g/mol. The predicted molar refractivity (Wildman–Crippen MR) is 72.5 cm³/mol. The average Bonchev–Trinajstić information content (AvgIpc) is 2.44. The molecule has 1 spiro atoms. The topological polar surface area (TPSA) is 53.4 Å². The van der Waals surface area contributed by atoms with Gasteiger partial charge in [0.25, 0.3) is 0 Å². The fourth-order valence-electron chi connectivity index (χ4n) is 3.62. The number of aromatic nitrogens is 1. The van der Waals surface area contributed by atoms with E-state index in [0.29, 0.717) is 18.8 Å². The summed E-state index contributed by atoms with van der Waals surface area (Å²) in [7, 11) is 0. The van der Waals surface area contributed by atoms with Crippen molar-refractivity contribution in [3.8, 4) is 0 Å². The lowest BCUT2D eigenvalue weighted by molar-refractivity contribution is -0.137. The summed E-state index contributed by atoms with van der Waals surface area (Å²) in [4.78, 5) is 16.4. The first-order valence-electron chi connectivity index (χ1n) is 7.30. The second-order valence-electron chi connectivity index (χ2n) is 6.34. The molecule has 4 nitrogen and oxygen atoms in total.